The van der Waals surface area contributed by atoms with Crippen molar-refractivity contribution in [2.45, 2.75) is 20.5 Å². The number of urea groups is 1. The molecule has 1 aliphatic rings. The first kappa shape index (κ1) is 27.0. The molecule has 190 valence electrons. The SMILES string of the molecule is COc1cc(/C=C2\C(=O)NC(=O)N(c3cc(C)ccc3C)C2=O)cc(I)c1OCc1ccc(Cl)c(Cl)c1. The molecule has 0 aromatic heterocycles. The molecular weight excluding hydrogens is 630 g/mol. The Balaban J connectivity index is 1.65. The first-order chi connectivity index (χ1) is 17.6. The Bertz CT molecular complexity index is 1470. The van der Waals surface area contributed by atoms with Crippen molar-refractivity contribution in [1.82, 2.24) is 5.32 Å². The third-order valence-corrected chi connectivity index (χ3v) is 7.18. The molecule has 0 radical (unpaired) electrons. The number of halogens is 3. The topological polar surface area (TPSA) is 84.9 Å². The van der Waals surface area contributed by atoms with E-state index in [1.165, 1.54) is 13.2 Å². The van der Waals surface area contributed by atoms with Crippen LogP contribution in [0.1, 0.15) is 22.3 Å². The number of nitrogens with zero attached hydrogens (tertiary/aromatic N) is 1. The third-order valence-electron chi connectivity index (χ3n) is 5.64. The van der Waals surface area contributed by atoms with Gasteiger partial charge in [-0.15, -0.1) is 0 Å². The summed E-state index contributed by atoms with van der Waals surface area (Å²) in [4.78, 5) is 39.5. The molecule has 37 heavy (non-hydrogen) atoms. The van der Waals surface area contributed by atoms with E-state index in [1.807, 2.05) is 25.1 Å². The van der Waals surface area contributed by atoms with Crippen LogP contribution in [0, 0.1) is 17.4 Å². The van der Waals surface area contributed by atoms with Gasteiger partial charge in [-0.1, -0.05) is 41.4 Å². The minimum atomic E-state index is -0.793. The number of imide groups is 2. The highest BCUT2D eigenvalue weighted by molar-refractivity contribution is 14.1. The smallest absolute Gasteiger partial charge is 0.335 e. The van der Waals surface area contributed by atoms with Crippen LogP contribution >= 0.6 is 45.8 Å². The Morgan fingerprint density at radius 2 is 1.76 bits per heavy atom. The maximum Gasteiger partial charge on any atom is 0.335 e. The van der Waals surface area contributed by atoms with Gasteiger partial charge in [0.2, 0.25) is 0 Å². The van der Waals surface area contributed by atoms with E-state index in [1.54, 1.807) is 37.3 Å². The van der Waals surface area contributed by atoms with Gasteiger partial charge in [-0.2, -0.15) is 0 Å². The summed E-state index contributed by atoms with van der Waals surface area (Å²) in [7, 11) is 1.49. The number of anilines is 1. The van der Waals surface area contributed by atoms with Gasteiger partial charge in [0.1, 0.15) is 12.2 Å². The molecule has 0 bridgehead atoms. The lowest BCUT2D eigenvalue weighted by molar-refractivity contribution is -0.122. The fraction of sp³-hybridized carbons (Fsp3) is 0.148. The summed E-state index contributed by atoms with van der Waals surface area (Å²) in [6, 6.07) is 13.3. The lowest BCUT2D eigenvalue weighted by atomic mass is 10.0. The monoisotopic (exact) mass is 650 g/mol. The van der Waals surface area contributed by atoms with Gasteiger partial charge in [-0.05, 0) is 95.1 Å². The van der Waals surface area contributed by atoms with Crippen molar-refractivity contribution in [2.24, 2.45) is 0 Å². The minimum absolute atomic E-state index is 0.178. The second-order valence-electron chi connectivity index (χ2n) is 8.32. The van der Waals surface area contributed by atoms with Gasteiger partial charge in [0, 0.05) is 0 Å². The molecule has 1 heterocycles. The number of methoxy groups -OCH3 is 1. The zero-order chi connectivity index (χ0) is 26.9. The van der Waals surface area contributed by atoms with Crippen LogP contribution in [-0.2, 0) is 16.2 Å². The van der Waals surface area contributed by atoms with E-state index in [9.17, 15) is 14.4 Å². The van der Waals surface area contributed by atoms with Gasteiger partial charge in [0.25, 0.3) is 11.8 Å². The molecule has 7 nitrogen and oxygen atoms in total. The van der Waals surface area contributed by atoms with Crippen LogP contribution < -0.4 is 19.7 Å². The molecule has 3 aromatic carbocycles. The second-order valence-corrected chi connectivity index (χ2v) is 10.3. The molecule has 4 amide bonds. The van der Waals surface area contributed by atoms with Crippen molar-refractivity contribution in [1.29, 1.82) is 0 Å². The van der Waals surface area contributed by atoms with Crippen LogP contribution in [-0.4, -0.2) is 25.0 Å². The summed E-state index contributed by atoms with van der Waals surface area (Å²) < 4.78 is 12.2. The van der Waals surface area contributed by atoms with Crippen molar-refractivity contribution in [3.63, 3.8) is 0 Å². The molecule has 0 saturated carbocycles. The van der Waals surface area contributed by atoms with Crippen LogP contribution in [0.25, 0.3) is 6.08 Å². The van der Waals surface area contributed by atoms with E-state index in [2.05, 4.69) is 27.9 Å². The molecule has 1 fully saturated rings. The number of rotatable bonds is 6. The maximum absolute atomic E-state index is 13.3. The molecule has 1 saturated heterocycles. The van der Waals surface area contributed by atoms with Crippen molar-refractivity contribution in [3.05, 3.63) is 90.0 Å². The van der Waals surface area contributed by atoms with Gasteiger partial charge in [0.05, 0.1) is 26.4 Å². The average molecular weight is 651 g/mol. The van der Waals surface area contributed by atoms with E-state index < -0.39 is 17.8 Å². The Hall–Kier alpha value is -3.08. The third kappa shape index (κ3) is 5.76. The summed E-state index contributed by atoms with van der Waals surface area (Å²) in [5, 5.41) is 3.14. The van der Waals surface area contributed by atoms with Gasteiger partial charge < -0.3 is 9.47 Å². The van der Waals surface area contributed by atoms with Crippen LogP contribution in [0.5, 0.6) is 11.5 Å². The maximum atomic E-state index is 13.3. The van der Waals surface area contributed by atoms with E-state index >= 15 is 0 Å². The number of barbiturate groups is 1. The molecule has 10 heteroatoms. The number of hydrogen-bond donors (Lipinski definition) is 1. The number of carbonyl (C=O) groups excluding carboxylic acids is 3. The lowest BCUT2D eigenvalue weighted by Crippen LogP contribution is -2.54. The molecule has 0 aliphatic carbocycles. The minimum Gasteiger partial charge on any atom is -0.493 e. The van der Waals surface area contributed by atoms with Crippen LogP contribution in [0.15, 0.2) is 54.1 Å². The second kappa shape index (κ2) is 11.1. The summed E-state index contributed by atoms with van der Waals surface area (Å²) in [5.41, 5.74) is 3.18. The molecule has 0 spiro atoms. The van der Waals surface area contributed by atoms with E-state index in [4.69, 9.17) is 32.7 Å². The molecule has 0 atom stereocenters. The highest BCUT2D eigenvalue weighted by Gasteiger charge is 2.37. The van der Waals surface area contributed by atoms with E-state index in [-0.39, 0.29) is 12.2 Å². The van der Waals surface area contributed by atoms with E-state index in [0.29, 0.717) is 36.4 Å². The molecule has 4 rings (SSSR count). The Labute approximate surface area is 237 Å². The number of benzene rings is 3. The summed E-state index contributed by atoms with van der Waals surface area (Å²) in [5.74, 6) is -0.588. The van der Waals surface area contributed by atoms with Gasteiger partial charge >= 0.3 is 6.03 Å². The number of hydrogen-bond acceptors (Lipinski definition) is 5. The highest BCUT2D eigenvalue weighted by Crippen LogP contribution is 2.36. The van der Waals surface area contributed by atoms with Crippen LogP contribution in [0.2, 0.25) is 10.0 Å². The van der Waals surface area contributed by atoms with Crippen LogP contribution in [0.4, 0.5) is 10.5 Å². The highest BCUT2D eigenvalue weighted by atomic mass is 127. The fourth-order valence-electron chi connectivity index (χ4n) is 3.75. The predicted octanol–water partition coefficient (Wildman–Crippen LogP) is 6.47. The molecule has 3 aromatic rings. The average Bonchev–Trinajstić information content (AvgIpc) is 2.84. The predicted molar refractivity (Wildman–Crippen MR) is 151 cm³/mol. The number of ether oxygens (including phenoxy) is 2. The molecule has 1 N–H and O–H groups in total. The summed E-state index contributed by atoms with van der Waals surface area (Å²) in [6.07, 6.45) is 1.43. The Morgan fingerprint density at radius 1 is 1.00 bits per heavy atom. The van der Waals surface area contributed by atoms with Crippen molar-refractivity contribution in [3.8, 4) is 11.5 Å². The van der Waals surface area contributed by atoms with Gasteiger partial charge in [-0.3, -0.25) is 14.9 Å². The largest absolute Gasteiger partial charge is 0.493 e. The number of carbonyl (C=O) groups is 3. The van der Waals surface area contributed by atoms with Gasteiger partial charge in [-0.25, -0.2) is 9.69 Å². The normalized spacial score (nSPS) is 14.7. The first-order valence-corrected chi connectivity index (χ1v) is 12.9. The zero-order valence-electron chi connectivity index (χ0n) is 20.0. The van der Waals surface area contributed by atoms with Crippen molar-refractivity contribution in [2.75, 3.05) is 12.0 Å². The number of aryl methyl sites for hydroxylation is 2. The Kier molecular flexibility index (Phi) is 8.11. The molecule has 0 unspecified atom stereocenters. The summed E-state index contributed by atoms with van der Waals surface area (Å²) in [6.45, 7) is 3.87. The summed E-state index contributed by atoms with van der Waals surface area (Å²) >= 11 is 14.2. The van der Waals surface area contributed by atoms with Gasteiger partial charge in [0.15, 0.2) is 11.5 Å². The zero-order valence-corrected chi connectivity index (χ0v) is 23.7. The number of amides is 4. The van der Waals surface area contributed by atoms with Crippen molar-refractivity contribution >= 4 is 75.4 Å². The first-order valence-electron chi connectivity index (χ1n) is 11.0. The quantitative estimate of drug-likeness (QED) is 0.188. The Morgan fingerprint density at radius 3 is 2.46 bits per heavy atom. The fourth-order valence-corrected chi connectivity index (χ4v) is 4.85. The van der Waals surface area contributed by atoms with Crippen molar-refractivity contribution < 1.29 is 23.9 Å². The van der Waals surface area contributed by atoms with Crippen LogP contribution in [0.3, 0.4) is 0 Å². The lowest BCUT2D eigenvalue weighted by Gasteiger charge is -2.28. The molecule has 1 aliphatic heterocycles. The van der Waals surface area contributed by atoms with E-state index in [0.717, 1.165) is 21.6 Å². The number of nitrogens with one attached hydrogen (secondary N) is 1. The standard InChI is InChI=1S/C27H21Cl2IN2O5/c1-14-4-5-15(2)22(8-14)32-26(34)18(25(33)31-27(32)35)9-17-11-21(30)24(23(12-17)36-3)37-13-16-6-7-19(28)20(29)10-16/h4-12H,13H2,1-3H3,(H,31,33,35)/b18-9+. The molecular formula is C27H21Cl2IN2O5.